The highest BCUT2D eigenvalue weighted by Gasteiger charge is 2.45. The number of nitrogens with one attached hydrogen (secondary N) is 4. The molecule has 3 aliphatic heterocycles. The number of likely N-dealkylation sites (tertiary alicyclic amines) is 1. The van der Waals surface area contributed by atoms with Gasteiger partial charge >= 0.3 is 0 Å². The Labute approximate surface area is 328 Å². The summed E-state index contributed by atoms with van der Waals surface area (Å²) >= 11 is 0. The highest BCUT2D eigenvalue weighted by molar-refractivity contribution is 6.25. The van der Waals surface area contributed by atoms with Crippen molar-refractivity contribution in [3.05, 3.63) is 71.6 Å². The van der Waals surface area contributed by atoms with Gasteiger partial charge in [0.15, 0.2) is 11.5 Å². The number of imide groups is 2. The molecular weight excluding hydrogens is 731 g/mol. The predicted octanol–water partition coefficient (Wildman–Crippen LogP) is 3.14. The van der Waals surface area contributed by atoms with Crippen molar-refractivity contribution in [3.8, 4) is 0 Å². The zero-order chi connectivity index (χ0) is 39.6. The Hall–Kier alpha value is -6.26. The van der Waals surface area contributed by atoms with Crippen LogP contribution in [0.4, 0.5) is 11.5 Å². The zero-order valence-electron chi connectivity index (χ0n) is 31.7. The summed E-state index contributed by atoms with van der Waals surface area (Å²) in [7, 11) is 0. The van der Waals surface area contributed by atoms with Crippen LogP contribution in [0.3, 0.4) is 0 Å². The predicted molar refractivity (Wildman–Crippen MR) is 207 cm³/mol. The molecule has 6 amide bonds. The molecule has 1 atom stereocenters. The van der Waals surface area contributed by atoms with Gasteiger partial charge in [-0.05, 0) is 76.1 Å². The van der Waals surface area contributed by atoms with Gasteiger partial charge in [-0.25, -0.2) is 19.9 Å². The molecule has 17 heteroatoms. The number of amides is 6. The Morgan fingerprint density at radius 3 is 2.49 bits per heavy atom. The summed E-state index contributed by atoms with van der Waals surface area (Å²) in [6, 6.07) is 9.76. The first-order chi connectivity index (χ1) is 27.6. The second-order valence-electron chi connectivity index (χ2n) is 15.2. The normalized spacial score (nSPS) is 21.0. The molecule has 4 N–H and O–H groups in total. The van der Waals surface area contributed by atoms with E-state index in [4.69, 9.17) is 0 Å². The molecule has 4 aliphatic rings. The number of aromatic nitrogens is 5. The molecule has 0 bridgehead atoms. The molecule has 1 aliphatic carbocycles. The average Bonchev–Trinajstić information content (AvgIpc) is 3.73. The Bertz CT molecular complexity index is 2240. The van der Waals surface area contributed by atoms with Crippen LogP contribution in [-0.4, -0.2) is 108 Å². The third-order valence-electron chi connectivity index (χ3n) is 11.4. The van der Waals surface area contributed by atoms with Crippen LogP contribution in [0, 0.1) is 6.92 Å². The number of benzene rings is 1. The van der Waals surface area contributed by atoms with Crippen molar-refractivity contribution in [2.24, 2.45) is 0 Å². The van der Waals surface area contributed by atoms with E-state index in [-0.39, 0.29) is 53.9 Å². The molecule has 0 spiro atoms. The van der Waals surface area contributed by atoms with Crippen molar-refractivity contribution in [1.29, 1.82) is 0 Å². The maximum absolute atomic E-state index is 13.3. The molecule has 1 aromatic carbocycles. The number of fused-ring (bicyclic) bond motifs is 2. The van der Waals surface area contributed by atoms with Gasteiger partial charge in [0.25, 0.3) is 17.7 Å². The van der Waals surface area contributed by atoms with Crippen molar-refractivity contribution in [2.75, 3.05) is 30.3 Å². The molecule has 1 unspecified atom stereocenters. The van der Waals surface area contributed by atoms with Crippen LogP contribution in [0.25, 0.3) is 11.2 Å². The molecule has 17 nitrogen and oxygen atoms in total. The van der Waals surface area contributed by atoms with E-state index < -0.39 is 29.7 Å². The van der Waals surface area contributed by atoms with Crippen molar-refractivity contribution in [2.45, 2.75) is 95.3 Å². The number of anilines is 2. The zero-order valence-corrected chi connectivity index (χ0v) is 31.7. The quantitative estimate of drug-likeness (QED) is 0.114. The third-order valence-corrected chi connectivity index (χ3v) is 11.4. The van der Waals surface area contributed by atoms with Crippen LogP contribution in [0.1, 0.15) is 107 Å². The van der Waals surface area contributed by atoms with Gasteiger partial charge in [0.05, 0.1) is 17.5 Å². The molecule has 8 rings (SSSR count). The van der Waals surface area contributed by atoms with Crippen molar-refractivity contribution >= 4 is 58.1 Å². The van der Waals surface area contributed by atoms with E-state index in [2.05, 4.69) is 45.8 Å². The number of rotatable bonds is 13. The van der Waals surface area contributed by atoms with E-state index in [0.717, 1.165) is 61.2 Å². The summed E-state index contributed by atoms with van der Waals surface area (Å²) in [5, 5.41) is 12.1. The number of aryl methyl sites for hydroxylation is 1. The first-order valence-corrected chi connectivity index (χ1v) is 19.7. The second kappa shape index (κ2) is 16.1. The minimum atomic E-state index is -1.01. The Morgan fingerprint density at radius 1 is 0.895 bits per heavy atom. The van der Waals surface area contributed by atoms with E-state index in [9.17, 15) is 28.8 Å². The molecule has 3 aromatic heterocycles. The monoisotopic (exact) mass is 775 g/mol. The number of imidazole rings is 1. The fourth-order valence-electron chi connectivity index (χ4n) is 8.17. The molecule has 2 saturated heterocycles. The molecule has 3 fully saturated rings. The van der Waals surface area contributed by atoms with Crippen LogP contribution in [-0.2, 0) is 14.4 Å². The number of carbonyl (C=O) groups excluding carboxylic acids is 6. The highest BCUT2D eigenvalue weighted by atomic mass is 16.2. The van der Waals surface area contributed by atoms with Gasteiger partial charge < -0.3 is 25.4 Å². The summed E-state index contributed by atoms with van der Waals surface area (Å²) in [6.07, 6.45) is 9.36. The lowest BCUT2D eigenvalue weighted by molar-refractivity contribution is -0.136. The number of hydrogen-bond donors (Lipinski definition) is 4. The summed E-state index contributed by atoms with van der Waals surface area (Å²) < 4.78 is 2.06. The lowest BCUT2D eigenvalue weighted by atomic mass is 9.86. The summed E-state index contributed by atoms with van der Waals surface area (Å²) in [4.78, 5) is 97.0. The third kappa shape index (κ3) is 7.78. The second-order valence-corrected chi connectivity index (χ2v) is 15.2. The van der Waals surface area contributed by atoms with Gasteiger partial charge in [-0.15, -0.1) is 0 Å². The van der Waals surface area contributed by atoms with E-state index in [1.54, 1.807) is 36.9 Å². The van der Waals surface area contributed by atoms with Crippen LogP contribution >= 0.6 is 0 Å². The topological polar surface area (TPSA) is 214 Å². The van der Waals surface area contributed by atoms with Crippen molar-refractivity contribution < 1.29 is 28.8 Å². The molecule has 296 valence electrons. The lowest BCUT2D eigenvalue weighted by Crippen LogP contribution is -2.54. The van der Waals surface area contributed by atoms with E-state index in [1.165, 1.54) is 0 Å². The standard InChI is InChI=1S/C40H45N11O6/c1-23-7-5-10-29(45-23)37(54)47-25-19-26(20-25)50-22-44-34-35(42-21-43-36(34)50)46-24-14-17-49(18-15-24)32(53)11-3-2-4-16-41-28-9-6-8-27-33(28)40(57)51(39(27)56)30-12-13-31(52)48-38(30)55/h5-10,21-22,24-26,30,41H,2-4,11-20H2,1H3,(H,47,54)(H,42,43,46)(H,48,52,55). The van der Waals surface area contributed by atoms with Crippen LogP contribution < -0.4 is 21.3 Å². The Morgan fingerprint density at radius 2 is 1.70 bits per heavy atom. The Balaban J connectivity index is 0.750. The van der Waals surface area contributed by atoms with Crippen molar-refractivity contribution in [3.63, 3.8) is 0 Å². The first-order valence-electron chi connectivity index (χ1n) is 19.7. The minimum Gasteiger partial charge on any atom is -0.384 e. The summed E-state index contributed by atoms with van der Waals surface area (Å²) in [6.45, 7) is 3.70. The summed E-state index contributed by atoms with van der Waals surface area (Å²) in [5.74, 6) is -1.49. The van der Waals surface area contributed by atoms with Gasteiger partial charge in [0.1, 0.15) is 23.6 Å². The van der Waals surface area contributed by atoms with E-state index in [1.807, 2.05) is 24.0 Å². The first kappa shape index (κ1) is 37.7. The average molecular weight is 776 g/mol. The number of carbonyl (C=O) groups is 6. The largest absolute Gasteiger partial charge is 0.384 e. The van der Waals surface area contributed by atoms with Crippen molar-refractivity contribution in [1.82, 2.24) is 44.9 Å². The molecule has 1 saturated carbocycles. The van der Waals surface area contributed by atoms with E-state index in [0.29, 0.717) is 48.8 Å². The number of piperidine rings is 2. The maximum atomic E-state index is 13.3. The van der Waals surface area contributed by atoms with Gasteiger partial charge in [-0.2, -0.15) is 0 Å². The van der Waals surface area contributed by atoms with Crippen LogP contribution in [0.5, 0.6) is 0 Å². The fraction of sp³-hybridized carbons (Fsp3) is 0.450. The van der Waals surface area contributed by atoms with Gasteiger partial charge in [-0.1, -0.05) is 18.6 Å². The molecular formula is C40H45N11O6. The van der Waals surface area contributed by atoms with Gasteiger partial charge in [0, 0.05) is 62.0 Å². The number of hydrogen-bond acceptors (Lipinski definition) is 12. The number of unbranched alkanes of at least 4 members (excludes halogenated alkanes) is 2. The lowest BCUT2D eigenvalue weighted by Gasteiger charge is -2.36. The van der Waals surface area contributed by atoms with Crippen LogP contribution in [0.2, 0.25) is 0 Å². The SMILES string of the molecule is Cc1cccc(C(=O)NC2CC(n3cnc4c(NC5CCN(C(=O)CCCCCNc6cccc7c6C(=O)N(C6CCC(=O)NC6=O)C7=O)CC5)ncnc43)C2)n1. The molecule has 0 radical (unpaired) electrons. The molecule has 57 heavy (non-hydrogen) atoms. The highest BCUT2D eigenvalue weighted by Crippen LogP contribution is 2.36. The summed E-state index contributed by atoms with van der Waals surface area (Å²) in [5.41, 5.74) is 3.67. The Kier molecular flexibility index (Phi) is 10.6. The molecule has 6 heterocycles. The fourth-order valence-corrected chi connectivity index (χ4v) is 8.17. The number of pyridine rings is 1. The molecule has 4 aromatic rings. The maximum Gasteiger partial charge on any atom is 0.270 e. The van der Waals surface area contributed by atoms with Gasteiger partial charge in [0.2, 0.25) is 17.7 Å². The minimum absolute atomic E-state index is 0.0532. The van der Waals surface area contributed by atoms with Crippen LogP contribution in [0.15, 0.2) is 49.1 Å². The van der Waals surface area contributed by atoms with E-state index >= 15 is 0 Å². The van der Waals surface area contributed by atoms with Gasteiger partial charge in [-0.3, -0.25) is 39.0 Å². The smallest absolute Gasteiger partial charge is 0.270 e. The number of nitrogens with zero attached hydrogens (tertiary/aromatic N) is 7.